The number of hydrogen-bond acceptors (Lipinski definition) is 6. The molecule has 1 atom stereocenters. The first-order chi connectivity index (χ1) is 13.6. The highest BCUT2D eigenvalue weighted by atomic mass is 32.2. The zero-order chi connectivity index (χ0) is 19.8. The number of nitrogens with zero attached hydrogens (tertiary/aromatic N) is 2. The number of rotatable bonds is 3. The first-order valence-electron chi connectivity index (χ1n) is 8.95. The maximum absolute atomic E-state index is 12.9. The van der Waals surface area contributed by atoms with E-state index in [1.807, 2.05) is 36.4 Å². The number of hydrogen-bond donors (Lipinski definition) is 0. The fraction of sp³-hybridized carbons (Fsp3) is 0.286. The first kappa shape index (κ1) is 18.6. The van der Waals surface area contributed by atoms with Crippen LogP contribution in [0.2, 0.25) is 0 Å². The zero-order valence-electron chi connectivity index (χ0n) is 15.9. The van der Waals surface area contributed by atoms with E-state index in [0.29, 0.717) is 34.4 Å². The lowest BCUT2D eigenvalue weighted by molar-refractivity contribution is -0.137. The fourth-order valence-electron chi connectivity index (χ4n) is 3.78. The molecule has 0 N–H and O–H groups in total. The lowest BCUT2D eigenvalue weighted by Crippen LogP contribution is -2.46. The summed E-state index contributed by atoms with van der Waals surface area (Å²) in [6.07, 6.45) is 0.390. The molecule has 0 spiro atoms. The highest BCUT2D eigenvalue weighted by Crippen LogP contribution is 2.45. The summed E-state index contributed by atoms with van der Waals surface area (Å²) < 4.78 is 10.7. The number of esters is 1. The van der Waals surface area contributed by atoms with E-state index in [0.717, 1.165) is 16.3 Å². The van der Waals surface area contributed by atoms with Crippen LogP contribution in [0.1, 0.15) is 24.9 Å². The molecular weight excluding hydrogens is 376 g/mol. The Kier molecular flexibility index (Phi) is 4.85. The number of benzene rings is 2. The molecule has 0 radical (unpaired) electrons. The van der Waals surface area contributed by atoms with Gasteiger partial charge >= 0.3 is 5.97 Å². The summed E-state index contributed by atoms with van der Waals surface area (Å²) in [5.41, 5.74) is 1.68. The van der Waals surface area contributed by atoms with Crippen molar-refractivity contribution >= 4 is 39.6 Å². The Morgan fingerprint density at radius 2 is 2.00 bits per heavy atom. The van der Waals surface area contributed by atoms with Gasteiger partial charge in [-0.15, -0.1) is 0 Å². The molecule has 1 saturated heterocycles. The third-order valence-corrected chi connectivity index (χ3v) is 5.99. The molecule has 144 valence electrons. The maximum Gasteiger partial charge on any atom is 0.338 e. The molecule has 0 saturated carbocycles. The predicted molar refractivity (Wildman–Crippen MR) is 109 cm³/mol. The molecule has 0 aromatic heterocycles. The van der Waals surface area contributed by atoms with Crippen LogP contribution in [-0.4, -0.2) is 41.9 Å². The number of ether oxygens (including phenoxy) is 2. The van der Waals surface area contributed by atoms with Crippen LogP contribution in [0.25, 0.3) is 10.8 Å². The number of fused-ring (bicyclic) bond motifs is 2. The van der Waals surface area contributed by atoms with Crippen LogP contribution in [0, 0.1) is 0 Å². The molecule has 4 rings (SSSR count). The molecule has 2 heterocycles. The summed E-state index contributed by atoms with van der Waals surface area (Å²) in [6.45, 7) is 1.78. The topological polar surface area (TPSA) is 68.2 Å². The Labute approximate surface area is 167 Å². The zero-order valence-corrected chi connectivity index (χ0v) is 16.7. The van der Waals surface area contributed by atoms with Crippen molar-refractivity contribution in [2.75, 3.05) is 20.0 Å². The Hall–Kier alpha value is -2.80. The van der Waals surface area contributed by atoms with Gasteiger partial charge in [0, 0.05) is 17.7 Å². The summed E-state index contributed by atoms with van der Waals surface area (Å²) in [4.78, 5) is 31.8. The van der Waals surface area contributed by atoms with E-state index < -0.39 is 12.0 Å². The van der Waals surface area contributed by atoms with Crippen LogP contribution in [0.15, 0.2) is 52.7 Å². The van der Waals surface area contributed by atoms with Crippen LogP contribution in [-0.2, 0) is 14.3 Å². The van der Waals surface area contributed by atoms with Crippen LogP contribution >= 0.6 is 11.8 Å². The van der Waals surface area contributed by atoms with Crippen molar-refractivity contribution in [3.63, 3.8) is 0 Å². The van der Waals surface area contributed by atoms with Gasteiger partial charge in [-0.3, -0.25) is 9.69 Å². The average molecular weight is 396 g/mol. The van der Waals surface area contributed by atoms with Crippen LogP contribution in [0.4, 0.5) is 0 Å². The maximum atomic E-state index is 12.9. The van der Waals surface area contributed by atoms with Crippen LogP contribution < -0.4 is 4.74 Å². The summed E-state index contributed by atoms with van der Waals surface area (Å²) in [6, 6.07) is 11.1. The minimum absolute atomic E-state index is 0.0635. The second-order valence-corrected chi connectivity index (χ2v) is 7.61. The molecule has 6 nitrogen and oxygen atoms in total. The molecule has 1 fully saturated rings. The Balaban J connectivity index is 2.05. The average Bonchev–Trinajstić information content (AvgIpc) is 2.71. The predicted octanol–water partition coefficient (Wildman–Crippen LogP) is 3.67. The highest BCUT2D eigenvalue weighted by molar-refractivity contribution is 8.14. The van der Waals surface area contributed by atoms with Gasteiger partial charge in [-0.2, -0.15) is 0 Å². The molecule has 2 aromatic carbocycles. The summed E-state index contributed by atoms with van der Waals surface area (Å²) >= 11 is 1.52. The van der Waals surface area contributed by atoms with Gasteiger partial charge in [0.05, 0.1) is 25.5 Å². The molecule has 28 heavy (non-hydrogen) atoms. The van der Waals surface area contributed by atoms with Crippen molar-refractivity contribution in [1.29, 1.82) is 0 Å². The van der Waals surface area contributed by atoms with Gasteiger partial charge in [0.2, 0.25) is 5.91 Å². The molecule has 0 aliphatic carbocycles. The molecule has 2 aliphatic heterocycles. The standard InChI is InChI=1S/C21H20N2O4S/c1-12-17(20(25)27-3)19(23-16(24)10-11-28-21(23)22-12)18-14-7-5-4-6-13(14)8-9-15(18)26-2/h4-9,19H,10-11H2,1-3H3. The van der Waals surface area contributed by atoms with E-state index >= 15 is 0 Å². The van der Waals surface area contributed by atoms with E-state index in [-0.39, 0.29) is 5.91 Å². The largest absolute Gasteiger partial charge is 0.496 e. The van der Waals surface area contributed by atoms with E-state index in [4.69, 9.17) is 9.47 Å². The van der Waals surface area contributed by atoms with Gasteiger partial charge in [-0.25, -0.2) is 9.79 Å². The molecule has 2 aromatic rings. The van der Waals surface area contributed by atoms with Crippen molar-refractivity contribution in [3.05, 3.63) is 53.2 Å². The SMILES string of the molecule is COC(=O)C1=C(C)N=C2SCCC(=O)N2C1c1c(OC)ccc2ccccc12. The lowest BCUT2D eigenvalue weighted by Gasteiger charge is -2.39. The van der Waals surface area contributed by atoms with Crippen LogP contribution in [0.5, 0.6) is 5.75 Å². The van der Waals surface area contributed by atoms with Gasteiger partial charge in [-0.1, -0.05) is 42.1 Å². The Bertz CT molecular complexity index is 1040. The third kappa shape index (κ3) is 2.86. The summed E-state index contributed by atoms with van der Waals surface area (Å²) in [5, 5.41) is 2.54. The minimum Gasteiger partial charge on any atom is -0.496 e. The summed E-state index contributed by atoms with van der Waals surface area (Å²) in [5.74, 6) is 0.728. The van der Waals surface area contributed by atoms with Crippen molar-refractivity contribution in [1.82, 2.24) is 4.90 Å². The van der Waals surface area contributed by atoms with Gasteiger partial charge in [0.1, 0.15) is 11.8 Å². The number of amides is 1. The number of carbonyl (C=O) groups is 2. The Morgan fingerprint density at radius 3 is 2.75 bits per heavy atom. The fourth-order valence-corrected chi connectivity index (χ4v) is 4.78. The van der Waals surface area contributed by atoms with Crippen molar-refractivity contribution in [3.8, 4) is 5.75 Å². The van der Waals surface area contributed by atoms with E-state index in [1.165, 1.54) is 18.9 Å². The second-order valence-electron chi connectivity index (χ2n) is 6.55. The molecular formula is C21H20N2O4S. The van der Waals surface area contributed by atoms with Gasteiger partial charge < -0.3 is 9.47 Å². The summed E-state index contributed by atoms with van der Waals surface area (Å²) in [7, 11) is 2.93. The lowest BCUT2D eigenvalue weighted by atomic mass is 9.89. The molecule has 1 amide bonds. The molecule has 0 bridgehead atoms. The smallest absolute Gasteiger partial charge is 0.338 e. The van der Waals surface area contributed by atoms with Gasteiger partial charge in [0.15, 0.2) is 5.17 Å². The number of allylic oxidation sites excluding steroid dienone is 1. The molecule has 2 aliphatic rings. The third-order valence-electron chi connectivity index (χ3n) is 5.04. The van der Waals surface area contributed by atoms with E-state index in [2.05, 4.69) is 4.99 Å². The monoisotopic (exact) mass is 396 g/mol. The molecule has 1 unspecified atom stereocenters. The number of carbonyl (C=O) groups excluding carboxylic acids is 2. The second kappa shape index (κ2) is 7.31. The van der Waals surface area contributed by atoms with Crippen molar-refractivity contribution in [2.24, 2.45) is 4.99 Å². The molecule has 7 heteroatoms. The van der Waals surface area contributed by atoms with Crippen molar-refractivity contribution in [2.45, 2.75) is 19.4 Å². The highest BCUT2D eigenvalue weighted by Gasteiger charge is 2.43. The van der Waals surface area contributed by atoms with Crippen LogP contribution in [0.3, 0.4) is 0 Å². The first-order valence-corrected chi connectivity index (χ1v) is 9.93. The number of thioether (sulfide) groups is 1. The quantitative estimate of drug-likeness (QED) is 0.741. The Morgan fingerprint density at radius 1 is 1.21 bits per heavy atom. The normalized spacial score (nSPS) is 19.4. The van der Waals surface area contributed by atoms with Gasteiger partial charge in [-0.05, 0) is 23.8 Å². The van der Waals surface area contributed by atoms with Gasteiger partial charge in [0.25, 0.3) is 0 Å². The van der Waals surface area contributed by atoms with Crippen molar-refractivity contribution < 1.29 is 19.1 Å². The number of amidine groups is 1. The number of methoxy groups -OCH3 is 2. The number of aliphatic imine (C=N–C) groups is 1. The minimum atomic E-state index is -0.652. The van der Waals surface area contributed by atoms with E-state index in [9.17, 15) is 9.59 Å². The van der Waals surface area contributed by atoms with E-state index in [1.54, 1.807) is 18.9 Å².